The van der Waals surface area contributed by atoms with Crippen LogP contribution in [0.1, 0.15) is 18.1 Å². The number of aromatic nitrogens is 2. The third-order valence-electron chi connectivity index (χ3n) is 5.31. The van der Waals surface area contributed by atoms with Crippen molar-refractivity contribution in [1.82, 2.24) is 9.13 Å². The van der Waals surface area contributed by atoms with Crippen molar-refractivity contribution in [2.45, 2.75) is 26.4 Å². The van der Waals surface area contributed by atoms with E-state index in [4.69, 9.17) is 4.74 Å². The molecule has 0 aliphatic heterocycles. The highest BCUT2D eigenvalue weighted by Gasteiger charge is 2.17. The molecule has 2 aromatic heterocycles. The molecule has 4 aromatic rings. The first-order chi connectivity index (χ1) is 15.5. The minimum Gasteiger partial charge on any atom is -0.496 e. The van der Waals surface area contributed by atoms with Gasteiger partial charge in [-0.15, -0.1) is 11.3 Å². The summed E-state index contributed by atoms with van der Waals surface area (Å²) in [6.07, 6.45) is 0.910. The Bertz CT molecular complexity index is 1380. The van der Waals surface area contributed by atoms with Gasteiger partial charge in [0.05, 0.1) is 19.2 Å². The van der Waals surface area contributed by atoms with Crippen LogP contribution < -0.4 is 21.3 Å². The number of nitrogens with one attached hydrogen (secondary N) is 1. The number of thiophene rings is 1. The number of carbonyl (C=O) groups is 1. The maximum atomic E-state index is 13.3. The largest absolute Gasteiger partial charge is 0.496 e. The molecule has 0 saturated carbocycles. The van der Waals surface area contributed by atoms with Crippen molar-refractivity contribution in [3.05, 3.63) is 91.9 Å². The molecule has 164 valence electrons. The summed E-state index contributed by atoms with van der Waals surface area (Å²) in [5, 5.41) is 4.57. The van der Waals surface area contributed by atoms with Crippen LogP contribution in [-0.2, 0) is 24.3 Å². The first-order valence-electron chi connectivity index (χ1n) is 10.2. The van der Waals surface area contributed by atoms with Crippen LogP contribution in [0, 0.1) is 0 Å². The molecule has 4 rings (SSSR count). The summed E-state index contributed by atoms with van der Waals surface area (Å²) in [4.78, 5) is 39.0. The summed E-state index contributed by atoms with van der Waals surface area (Å²) in [5.74, 6) is 0.247. The van der Waals surface area contributed by atoms with Crippen molar-refractivity contribution in [2.75, 3.05) is 12.4 Å². The maximum absolute atomic E-state index is 13.3. The lowest BCUT2D eigenvalue weighted by Crippen LogP contribution is -2.41. The predicted octanol–water partition coefficient (Wildman–Crippen LogP) is 3.48. The number of aryl methyl sites for hydroxylation is 1. The number of para-hydroxylation sites is 1. The van der Waals surface area contributed by atoms with Gasteiger partial charge < -0.3 is 10.1 Å². The van der Waals surface area contributed by atoms with Gasteiger partial charge in [0, 0.05) is 11.3 Å². The van der Waals surface area contributed by atoms with Gasteiger partial charge in [-0.1, -0.05) is 37.3 Å². The van der Waals surface area contributed by atoms with E-state index in [0.717, 1.165) is 11.0 Å². The minimum atomic E-state index is -0.539. The van der Waals surface area contributed by atoms with E-state index in [1.807, 2.05) is 36.4 Å². The number of carbonyl (C=O) groups excluding carboxylic acids is 1. The highest BCUT2D eigenvalue weighted by molar-refractivity contribution is 7.17. The van der Waals surface area contributed by atoms with Crippen LogP contribution in [0.5, 0.6) is 5.75 Å². The summed E-state index contributed by atoms with van der Waals surface area (Å²) in [6, 6.07) is 16.5. The Labute approximate surface area is 188 Å². The molecular weight excluding hydrogens is 426 g/mol. The van der Waals surface area contributed by atoms with E-state index in [2.05, 4.69) is 12.2 Å². The zero-order valence-corrected chi connectivity index (χ0v) is 18.6. The Balaban J connectivity index is 1.69. The lowest BCUT2D eigenvalue weighted by atomic mass is 10.1. The molecule has 2 heterocycles. The van der Waals surface area contributed by atoms with E-state index in [-0.39, 0.29) is 24.6 Å². The monoisotopic (exact) mass is 449 g/mol. The van der Waals surface area contributed by atoms with Gasteiger partial charge in [0.25, 0.3) is 5.56 Å². The third kappa shape index (κ3) is 4.22. The molecule has 0 radical (unpaired) electrons. The Morgan fingerprint density at radius 1 is 1.03 bits per heavy atom. The average molecular weight is 450 g/mol. The van der Waals surface area contributed by atoms with Gasteiger partial charge in [-0.25, -0.2) is 4.79 Å². The van der Waals surface area contributed by atoms with Crippen LogP contribution in [-0.4, -0.2) is 22.2 Å². The number of hydrogen-bond donors (Lipinski definition) is 1. The van der Waals surface area contributed by atoms with E-state index in [1.54, 1.807) is 30.7 Å². The number of nitrogens with zero attached hydrogens (tertiary/aromatic N) is 2. The summed E-state index contributed by atoms with van der Waals surface area (Å²) >= 11 is 1.25. The smallest absolute Gasteiger partial charge is 0.332 e. The molecule has 0 aliphatic rings. The van der Waals surface area contributed by atoms with Crippen molar-refractivity contribution in [3.63, 3.8) is 0 Å². The molecule has 0 spiro atoms. The summed E-state index contributed by atoms with van der Waals surface area (Å²) < 4.78 is 8.29. The second kappa shape index (κ2) is 9.23. The fourth-order valence-electron chi connectivity index (χ4n) is 3.60. The number of amides is 1. The van der Waals surface area contributed by atoms with Gasteiger partial charge in [0.15, 0.2) is 0 Å². The minimum absolute atomic E-state index is 0.0512. The Morgan fingerprint density at radius 3 is 2.50 bits per heavy atom. The Kier molecular flexibility index (Phi) is 6.23. The van der Waals surface area contributed by atoms with E-state index >= 15 is 0 Å². The highest BCUT2D eigenvalue weighted by atomic mass is 32.1. The molecule has 0 bridgehead atoms. The van der Waals surface area contributed by atoms with Gasteiger partial charge in [-0.2, -0.15) is 0 Å². The molecule has 0 atom stereocenters. The second-order valence-corrected chi connectivity index (χ2v) is 8.22. The van der Waals surface area contributed by atoms with E-state index in [0.29, 0.717) is 27.2 Å². The number of rotatable bonds is 7. The standard InChI is InChI=1S/C24H23N3O4S/c1-3-16-8-10-18(11-9-16)25-21(28)15-26-19-12-13-32-22(19)23(29)27(24(26)30)14-17-6-4-5-7-20(17)31-2/h4-13H,3,14-15H2,1-2H3,(H,25,28). The summed E-state index contributed by atoms with van der Waals surface area (Å²) in [7, 11) is 1.54. The molecule has 1 N–H and O–H groups in total. The number of ether oxygens (including phenoxy) is 1. The number of fused-ring (bicyclic) bond motifs is 1. The molecule has 0 fully saturated rings. The van der Waals surface area contributed by atoms with E-state index < -0.39 is 5.69 Å². The number of benzene rings is 2. The zero-order valence-electron chi connectivity index (χ0n) is 17.8. The summed E-state index contributed by atoms with van der Waals surface area (Å²) in [5.41, 5.74) is 2.07. The van der Waals surface area contributed by atoms with E-state index in [9.17, 15) is 14.4 Å². The Hall–Kier alpha value is -3.65. The maximum Gasteiger partial charge on any atom is 0.332 e. The fraction of sp³-hybridized carbons (Fsp3) is 0.208. The lowest BCUT2D eigenvalue weighted by molar-refractivity contribution is -0.116. The van der Waals surface area contributed by atoms with E-state index in [1.165, 1.54) is 21.5 Å². The van der Waals surface area contributed by atoms with Gasteiger partial charge >= 0.3 is 5.69 Å². The van der Waals surface area contributed by atoms with Crippen LogP contribution in [0.2, 0.25) is 0 Å². The van der Waals surface area contributed by atoms with Crippen molar-refractivity contribution >= 4 is 33.1 Å². The van der Waals surface area contributed by atoms with Crippen molar-refractivity contribution < 1.29 is 9.53 Å². The van der Waals surface area contributed by atoms with Crippen molar-refractivity contribution in [3.8, 4) is 5.75 Å². The van der Waals surface area contributed by atoms with Gasteiger partial charge in [-0.3, -0.25) is 18.7 Å². The van der Waals surface area contributed by atoms with Crippen LogP contribution in [0.15, 0.2) is 69.6 Å². The molecule has 8 heteroatoms. The van der Waals surface area contributed by atoms with Crippen LogP contribution in [0.25, 0.3) is 10.2 Å². The average Bonchev–Trinajstić information content (AvgIpc) is 3.30. The number of methoxy groups -OCH3 is 1. The molecule has 32 heavy (non-hydrogen) atoms. The highest BCUT2D eigenvalue weighted by Crippen LogP contribution is 2.19. The first-order valence-corrected chi connectivity index (χ1v) is 11.1. The second-order valence-electron chi connectivity index (χ2n) is 7.31. The van der Waals surface area contributed by atoms with Crippen molar-refractivity contribution in [1.29, 1.82) is 0 Å². The van der Waals surface area contributed by atoms with Gasteiger partial charge in [-0.05, 0) is 41.6 Å². The number of anilines is 1. The first kappa shape index (κ1) is 21.6. The van der Waals surface area contributed by atoms with Gasteiger partial charge in [0.1, 0.15) is 17.0 Å². The fourth-order valence-corrected chi connectivity index (χ4v) is 4.44. The van der Waals surface area contributed by atoms with Gasteiger partial charge in [0.2, 0.25) is 5.91 Å². The molecule has 0 unspecified atom stereocenters. The third-order valence-corrected chi connectivity index (χ3v) is 6.20. The molecule has 7 nitrogen and oxygen atoms in total. The topological polar surface area (TPSA) is 82.3 Å². The normalized spacial score (nSPS) is 10.9. The summed E-state index contributed by atoms with van der Waals surface area (Å²) in [6.45, 7) is 1.91. The molecule has 0 aliphatic carbocycles. The Morgan fingerprint density at radius 2 is 1.78 bits per heavy atom. The molecular formula is C24H23N3O4S. The zero-order chi connectivity index (χ0) is 22.7. The SMILES string of the molecule is CCc1ccc(NC(=O)Cn2c(=O)n(Cc3ccccc3OC)c(=O)c3sccc32)cc1. The van der Waals surface area contributed by atoms with Crippen LogP contribution in [0.4, 0.5) is 5.69 Å². The number of hydrogen-bond acceptors (Lipinski definition) is 5. The van der Waals surface area contributed by atoms with Crippen molar-refractivity contribution in [2.24, 2.45) is 0 Å². The lowest BCUT2D eigenvalue weighted by Gasteiger charge is -2.14. The molecule has 0 saturated heterocycles. The quantitative estimate of drug-likeness (QED) is 0.468. The molecule has 1 amide bonds. The predicted molar refractivity (Wildman–Crippen MR) is 127 cm³/mol. The molecule has 2 aromatic carbocycles. The van der Waals surface area contributed by atoms with Crippen LogP contribution >= 0.6 is 11.3 Å². The van der Waals surface area contributed by atoms with Crippen LogP contribution in [0.3, 0.4) is 0 Å².